The van der Waals surface area contributed by atoms with Gasteiger partial charge in [0, 0.05) is 30.1 Å². The predicted molar refractivity (Wildman–Crippen MR) is 73.6 cm³/mol. The van der Waals surface area contributed by atoms with Crippen molar-refractivity contribution in [2.45, 2.75) is 6.42 Å². The van der Waals surface area contributed by atoms with E-state index in [1.54, 1.807) is 22.7 Å². The molecule has 0 saturated heterocycles. The van der Waals surface area contributed by atoms with Gasteiger partial charge in [-0.2, -0.15) is 27.8 Å². The maximum atomic E-state index is 4.56. The molecule has 0 atom stereocenters. The maximum Gasteiger partial charge on any atom is 0.0934 e. The third kappa shape index (κ3) is 2.18. The minimum atomic E-state index is 0.955. The van der Waals surface area contributed by atoms with Crippen molar-refractivity contribution in [2.24, 2.45) is 7.05 Å². The van der Waals surface area contributed by atoms with E-state index in [0.717, 1.165) is 12.1 Å². The topological polar surface area (TPSA) is 17.8 Å². The first kappa shape index (κ1) is 10.7. The molecule has 0 amide bonds. The molecule has 0 spiro atoms. The molecular formula is C13H12N2S2. The SMILES string of the molecule is Cn1nc(-c2ccsc2)cc1Cc1ccsc1. The van der Waals surface area contributed by atoms with Crippen molar-refractivity contribution in [3.05, 3.63) is 51.0 Å². The van der Waals surface area contributed by atoms with E-state index in [0.29, 0.717) is 0 Å². The van der Waals surface area contributed by atoms with Gasteiger partial charge in [-0.1, -0.05) is 0 Å². The fourth-order valence-corrected chi connectivity index (χ4v) is 3.14. The van der Waals surface area contributed by atoms with E-state index in [-0.39, 0.29) is 0 Å². The van der Waals surface area contributed by atoms with Crippen molar-refractivity contribution in [1.82, 2.24) is 9.78 Å². The summed E-state index contributed by atoms with van der Waals surface area (Å²) in [5.74, 6) is 0. The molecule has 0 aromatic carbocycles. The van der Waals surface area contributed by atoms with Crippen molar-refractivity contribution < 1.29 is 0 Å². The zero-order valence-corrected chi connectivity index (χ0v) is 11.1. The van der Waals surface area contributed by atoms with E-state index in [2.05, 4.69) is 44.8 Å². The maximum absolute atomic E-state index is 4.56. The quantitative estimate of drug-likeness (QED) is 0.700. The average Bonchev–Trinajstić information content (AvgIpc) is 3.02. The Hall–Kier alpha value is -1.39. The monoisotopic (exact) mass is 260 g/mol. The van der Waals surface area contributed by atoms with Gasteiger partial charge in [-0.15, -0.1) is 0 Å². The average molecular weight is 260 g/mol. The molecule has 0 radical (unpaired) electrons. The van der Waals surface area contributed by atoms with Crippen LogP contribution >= 0.6 is 22.7 Å². The molecule has 0 aliphatic heterocycles. The minimum Gasteiger partial charge on any atom is -0.272 e. The van der Waals surface area contributed by atoms with Crippen molar-refractivity contribution in [1.29, 1.82) is 0 Å². The summed E-state index contributed by atoms with van der Waals surface area (Å²) in [5, 5.41) is 13.1. The van der Waals surface area contributed by atoms with Crippen LogP contribution in [0.25, 0.3) is 11.3 Å². The lowest BCUT2D eigenvalue weighted by Crippen LogP contribution is -1.98. The van der Waals surface area contributed by atoms with E-state index in [1.807, 2.05) is 11.7 Å². The van der Waals surface area contributed by atoms with E-state index < -0.39 is 0 Å². The second kappa shape index (κ2) is 4.47. The molecule has 0 bridgehead atoms. The van der Waals surface area contributed by atoms with Crippen LogP contribution in [0.1, 0.15) is 11.3 Å². The first-order valence-electron chi connectivity index (χ1n) is 5.39. The van der Waals surface area contributed by atoms with Crippen LogP contribution in [0.5, 0.6) is 0 Å². The molecule has 0 unspecified atom stereocenters. The summed E-state index contributed by atoms with van der Waals surface area (Å²) in [7, 11) is 2.01. The third-order valence-electron chi connectivity index (χ3n) is 2.76. The summed E-state index contributed by atoms with van der Waals surface area (Å²) in [5.41, 5.74) is 4.89. The number of hydrogen-bond acceptors (Lipinski definition) is 3. The highest BCUT2D eigenvalue weighted by Gasteiger charge is 2.08. The van der Waals surface area contributed by atoms with Gasteiger partial charge in [-0.25, -0.2) is 0 Å². The zero-order chi connectivity index (χ0) is 11.7. The summed E-state index contributed by atoms with van der Waals surface area (Å²) in [6.45, 7) is 0. The van der Waals surface area contributed by atoms with Gasteiger partial charge in [-0.3, -0.25) is 4.68 Å². The highest BCUT2D eigenvalue weighted by Crippen LogP contribution is 2.22. The van der Waals surface area contributed by atoms with Crippen LogP contribution in [-0.2, 0) is 13.5 Å². The zero-order valence-electron chi connectivity index (χ0n) is 9.46. The second-order valence-electron chi connectivity index (χ2n) is 3.96. The molecule has 0 aliphatic rings. The predicted octanol–water partition coefficient (Wildman–Crippen LogP) is 3.80. The van der Waals surface area contributed by atoms with Gasteiger partial charge in [0.2, 0.25) is 0 Å². The van der Waals surface area contributed by atoms with Crippen molar-refractivity contribution >= 4 is 22.7 Å². The molecule has 0 N–H and O–H groups in total. The fraction of sp³-hybridized carbons (Fsp3) is 0.154. The molecule has 4 heteroatoms. The Balaban J connectivity index is 1.91. The Morgan fingerprint density at radius 1 is 1.18 bits per heavy atom. The van der Waals surface area contributed by atoms with Crippen molar-refractivity contribution in [3.63, 3.8) is 0 Å². The minimum absolute atomic E-state index is 0.955. The van der Waals surface area contributed by atoms with Crippen molar-refractivity contribution in [2.75, 3.05) is 0 Å². The van der Waals surface area contributed by atoms with Gasteiger partial charge in [0.05, 0.1) is 5.69 Å². The summed E-state index contributed by atoms with van der Waals surface area (Å²) >= 11 is 3.45. The van der Waals surface area contributed by atoms with Crippen LogP contribution in [0, 0.1) is 0 Å². The van der Waals surface area contributed by atoms with E-state index in [9.17, 15) is 0 Å². The molecule has 3 aromatic heterocycles. The molecule has 86 valence electrons. The lowest BCUT2D eigenvalue weighted by atomic mass is 10.1. The molecule has 3 aromatic rings. The Bertz CT molecular complexity index is 591. The third-order valence-corrected chi connectivity index (χ3v) is 4.17. The van der Waals surface area contributed by atoms with Crippen LogP contribution in [0.15, 0.2) is 39.7 Å². The largest absolute Gasteiger partial charge is 0.272 e. The van der Waals surface area contributed by atoms with Crippen LogP contribution < -0.4 is 0 Å². The Labute approximate surface area is 108 Å². The summed E-state index contributed by atoms with van der Waals surface area (Å²) in [6.07, 6.45) is 0.955. The first-order chi connectivity index (χ1) is 8.33. The first-order valence-corrected chi connectivity index (χ1v) is 7.28. The smallest absolute Gasteiger partial charge is 0.0934 e. The number of nitrogens with zero attached hydrogens (tertiary/aromatic N) is 2. The van der Waals surface area contributed by atoms with E-state index in [4.69, 9.17) is 0 Å². The molecule has 2 nitrogen and oxygen atoms in total. The molecule has 0 saturated carbocycles. The van der Waals surface area contributed by atoms with Gasteiger partial charge in [0.15, 0.2) is 0 Å². The van der Waals surface area contributed by atoms with Crippen LogP contribution in [0.4, 0.5) is 0 Å². The molecule has 0 fully saturated rings. The van der Waals surface area contributed by atoms with Gasteiger partial charge in [0.25, 0.3) is 0 Å². The Kier molecular flexibility index (Phi) is 2.82. The molecular weight excluding hydrogens is 248 g/mol. The number of aryl methyl sites for hydroxylation is 1. The summed E-state index contributed by atoms with van der Waals surface area (Å²) in [4.78, 5) is 0. The van der Waals surface area contributed by atoms with Gasteiger partial charge < -0.3 is 0 Å². The Morgan fingerprint density at radius 3 is 2.71 bits per heavy atom. The number of thiophene rings is 2. The molecule has 0 aliphatic carbocycles. The van der Waals surface area contributed by atoms with E-state index in [1.165, 1.54) is 16.8 Å². The standard InChI is InChI=1S/C13H12N2S2/c1-15-12(6-10-2-4-16-8-10)7-13(14-15)11-3-5-17-9-11/h2-5,7-9H,6H2,1H3. The number of hydrogen-bond donors (Lipinski definition) is 0. The number of rotatable bonds is 3. The summed E-state index contributed by atoms with van der Waals surface area (Å²) in [6, 6.07) is 6.46. The molecule has 3 heterocycles. The van der Waals surface area contributed by atoms with Gasteiger partial charge >= 0.3 is 0 Å². The number of aromatic nitrogens is 2. The lowest BCUT2D eigenvalue weighted by molar-refractivity contribution is 0.727. The van der Waals surface area contributed by atoms with Crippen LogP contribution in [-0.4, -0.2) is 9.78 Å². The fourth-order valence-electron chi connectivity index (χ4n) is 1.83. The van der Waals surface area contributed by atoms with Gasteiger partial charge in [-0.05, 0) is 39.9 Å². The van der Waals surface area contributed by atoms with Crippen molar-refractivity contribution in [3.8, 4) is 11.3 Å². The van der Waals surface area contributed by atoms with Crippen LogP contribution in [0.2, 0.25) is 0 Å². The molecule has 3 rings (SSSR count). The van der Waals surface area contributed by atoms with E-state index >= 15 is 0 Å². The normalized spacial score (nSPS) is 10.9. The van der Waals surface area contributed by atoms with Gasteiger partial charge in [0.1, 0.15) is 0 Å². The highest BCUT2D eigenvalue weighted by atomic mass is 32.1. The van der Waals surface area contributed by atoms with Crippen LogP contribution in [0.3, 0.4) is 0 Å². The summed E-state index contributed by atoms with van der Waals surface area (Å²) < 4.78 is 1.98. The highest BCUT2D eigenvalue weighted by molar-refractivity contribution is 7.08. The lowest BCUT2D eigenvalue weighted by Gasteiger charge is -1.98. The Morgan fingerprint density at radius 2 is 2.00 bits per heavy atom. The molecule has 17 heavy (non-hydrogen) atoms. The second-order valence-corrected chi connectivity index (χ2v) is 5.52.